The summed E-state index contributed by atoms with van der Waals surface area (Å²) in [6.45, 7) is 2.88. The Balaban J connectivity index is 1.66. The number of benzene rings is 2. The highest BCUT2D eigenvalue weighted by Crippen LogP contribution is 2.18. The predicted octanol–water partition coefficient (Wildman–Crippen LogP) is 4.02. The van der Waals surface area contributed by atoms with Crippen LogP contribution in [0.15, 0.2) is 71.3 Å². The number of carbonyl (C=O) groups is 1. The average Bonchev–Trinajstić information content (AvgIpc) is 3.06. The minimum atomic E-state index is 0.0581. The number of aromatic nitrogens is 1. The van der Waals surface area contributed by atoms with Crippen molar-refractivity contribution in [3.8, 4) is 0 Å². The van der Waals surface area contributed by atoms with Crippen molar-refractivity contribution in [1.82, 2.24) is 5.16 Å². The maximum Gasteiger partial charge on any atom is 0.229 e. The summed E-state index contributed by atoms with van der Waals surface area (Å²) < 4.78 is 5.01. The van der Waals surface area contributed by atoms with Crippen molar-refractivity contribution in [2.24, 2.45) is 0 Å². The Kier molecular flexibility index (Phi) is 5.46. The van der Waals surface area contributed by atoms with Gasteiger partial charge in [0.2, 0.25) is 5.91 Å². The molecule has 0 saturated carbocycles. The number of hydrogen-bond donors (Lipinski definition) is 1. The smallest absolute Gasteiger partial charge is 0.229 e. The van der Waals surface area contributed by atoms with Crippen LogP contribution in [0, 0.1) is 6.92 Å². The van der Waals surface area contributed by atoms with Gasteiger partial charge in [0.25, 0.3) is 0 Å². The lowest BCUT2D eigenvalue weighted by molar-refractivity contribution is -0.118. The van der Waals surface area contributed by atoms with Crippen LogP contribution in [0.2, 0.25) is 0 Å². The molecular weight excluding hydrogens is 314 g/mol. The molecule has 0 spiro atoms. The highest BCUT2D eigenvalue weighted by atomic mass is 16.5. The first-order chi connectivity index (χ1) is 12.2. The van der Waals surface area contributed by atoms with E-state index in [1.807, 2.05) is 78.6 Å². The highest BCUT2D eigenvalue weighted by molar-refractivity contribution is 5.93. The zero-order valence-electron chi connectivity index (χ0n) is 14.2. The van der Waals surface area contributed by atoms with Gasteiger partial charge in [-0.2, -0.15) is 0 Å². The number of amides is 1. The van der Waals surface area contributed by atoms with E-state index in [2.05, 4.69) is 10.5 Å². The van der Waals surface area contributed by atoms with E-state index in [1.54, 1.807) is 0 Å². The molecule has 5 heteroatoms. The van der Waals surface area contributed by atoms with Crippen molar-refractivity contribution in [3.63, 3.8) is 0 Å². The van der Waals surface area contributed by atoms with Crippen LogP contribution in [0.1, 0.15) is 17.7 Å². The van der Waals surface area contributed by atoms with Gasteiger partial charge in [0.05, 0.1) is 6.54 Å². The zero-order valence-corrected chi connectivity index (χ0v) is 14.2. The Morgan fingerprint density at radius 3 is 2.40 bits per heavy atom. The molecule has 1 N–H and O–H groups in total. The van der Waals surface area contributed by atoms with E-state index >= 15 is 0 Å². The molecule has 0 radical (unpaired) electrons. The summed E-state index contributed by atoms with van der Waals surface area (Å²) in [6, 6.07) is 21.5. The lowest BCUT2D eigenvalue weighted by Crippen LogP contribution is -2.31. The lowest BCUT2D eigenvalue weighted by atomic mass is 10.2. The molecule has 1 aromatic heterocycles. The van der Waals surface area contributed by atoms with Gasteiger partial charge < -0.3 is 14.7 Å². The van der Waals surface area contributed by atoms with Crippen LogP contribution in [0.3, 0.4) is 0 Å². The largest absolute Gasteiger partial charge is 0.367 e. The Morgan fingerprint density at radius 1 is 1.08 bits per heavy atom. The molecule has 25 heavy (non-hydrogen) atoms. The summed E-state index contributed by atoms with van der Waals surface area (Å²) in [5.74, 6) is 1.45. The van der Waals surface area contributed by atoms with E-state index in [9.17, 15) is 4.79 Å². The molecule has 2 aromatic carbocycles. The fourth-order valence-corrected chi connectivity index (χ4v) is 2.58. The Morgan fingerprint density at radius 2 is 1.76 bits per heavy atom. The molecule has 0 fully saturated rings. The summed E-state index contributed by atoms with van der Waals surface area (Å²) >= 11 is 0. The molecule has 0 aliphatic carbocycles. The first-order valence-corrected chi connectivity index (χ1v) is 8.29. The molecule has 128 valence electrons. The summed E-state index contributed by atoms with van der Waals surface area (Å²) in [7, 11) is 0. The van der Waals surface area contributed by atoms with Crippen LogP contribution in [0.5, 0.6) is 0 Å². The number of nitrogens with zero attached hydrogens (tertiary/aromatic N) is 2. The van der Waals surface area contributed by atoms with E-state index in [0.717, 1.165) is 17.0 Å². The van der Waals surface area contributed by atoms with Crippen molar-refractivity contribution >= 4 is 17.4 Å². The number of nitrogens with one attached hydrogen (secondary N) is 1. The Bertz CT molecular complexity index is 800. The van der Waals surface area contributed by atoms with Crippen molar-refractivity contribution in [2.45, 2.75) is 19.9 Å². The van der Waals surface area contributed by atoms with Gasteiger partial charge in [-0.25, -0.2) is 0 Å². The minimum Gasteiger partial charge on any atom is -0.367 e. The molecule has 0 aliphatic rings. The molecule has 0 bridgehead atoms. The summed E-state index contributed by atoms with van der Waals surface area (Å²) in [5.41, 5.74) is 1.99. The summed E-state index contributed by atoms with van der Waals surface area (Å²) in [6.07, 6.45) is 0.369. The monoisotopic (exact) mass is 335 g/mol. The third-order valence-electron chi connectivity index (χ3n) is 3.83. The van der Waals surface area contributed by atoms with Crippen LogP contribution in [0.25, 0.3) is 0 Å². The van der Waals surface area contributed by atoms with Crippen molar-refractivity contribution in [2.75, 3.05) is 16.8 Å². The molecule has 0 saturated heterocycles. The van der Waals surface area contributed by atoms with Crippen molar-refractivity contribution in [3.05, 3.63) is 78.1 Å². The van der Waals surface area contributed by atoms with Gasteiger partial charge in [-0.3, -0.25) is 4.79 Å². The Hall–Kier alpha value is -3.08. The molecular formula is C20H21N3O2. The third kappa shape index (κ3) is 4.70. The minimum absolute atomic E-state index is 0.0581. The number of rotatable bonds is 7. The number of anilines is 2. The second-order valence-corrected chi connectivity index (χ2v) is 5.80. The van der Waals surface area contributed by atoms with Crippen molar-refractivity contribution in [1.29, 1.82) is 0 Å². The second-order valence-electron chi connectivity index (χ2n) is 5.80. The van der Waals surface area contributed by atoms with Crippen molar-refractivity contribution < 1.29 is 9.32 Å². The van der Waals surface area contributed by atoms with E-state index < -0.39 is 0 Å². The van der Waals surface area contributed by atoms with Gasteiger partial charge in [-0.1, -0.05) is 53.7 Å². The van der Waals surface area contributed by atoms with Crippen LogP contribution in [-0.2, 0) is 11.3 Å². The first kappa shape index (κ1) is 16.8. The van der Waals surface area contributed by atoms with Crippen LogP contribution >= 0.6 is 0 Å². The van der Waals surface area contributed by atoms with E-state index in [4.69, 9.17) is 4.52 Å². The number of hydrogen-bond acceptors (Lipinski definition) is 4. The van der Waals surface area contributed by atoms with E-state index in [0.29, 0.717) is 25.3 Å². The van der Waals surface area contributed by atoms with Crippen LogP contribution in [-0.4, -0.2) is 17.6 Å². The third-order valence-corrected chi connectivity index (χ3v) is 3.83. The lowest BCUT2D eigenvalue weighted by Gasteiger charge is -2.23. The quantitative estimate of drug-likeness (QED) is 0.708. The van der Waals surface area contributed by atoms with Gasteiger partial charge in [0.15, 0.2) is 5.82 Å². The molecule has 3 aromatic rings. The molecule has 1 amide bonds. The molecule has 0 unspecified atom stereocenters. The van der Waals surface area contributed by atoms with E-state index in [-0.39, 0.29) is 5.91 Å². The topological polar surface area (TPSA) is 58.4 Å². The van der Waals surface area contributed by atoms with Gasteiger partial charge in [-0.05, 0) is 24.6 Å². The van der Waals surface area contributed by atoms with Crippen LogP contribution < -0.4 is 10.2 Å². The standard InChI is InChI=1S/C20H21N3O2/c1-16-14-19(22-25-16)21-13-12-20(24)23(18-10-6-3-7-11-18)15-17-8-4-2-5-9-17/h2-11,14H,12-13,15H2,1H3,(H,21,22). The SMILES string of the molecule is Cc1cc(NCCC(=O)N(Cc2ccccc2)c2ccccc2)no1. The first-order valence-electron chi connectivity index (χ1n) is 8.29. The fourth-order valence-electron chi connectivity index (χ4n) is 2.58. The summed E-state index contributed by atoms with van der Waals surface area (Å²) in [4.78, 5) is 14.6. The molecule has 1 heterocycles. The van der Waals surface area contributed by atoms with E-state index in [1.165, 1.54) is 0 Å². The predicted molar refractivity (Wildman–Crippen MR) is 98.4 cm³/mol. The second kappa shape index (κ2) is 8.15. The molecule has 5 nitrogen and oxygen atoms in total. The molecule has 3 rings (SSSR count). The summed E-state index contributed by atoms with van der Waals surface area (Å²) in [5, 5.41) is 6.99. The highest BCUT2D eigenvalue weighted by Gasteiger charge is 2.16. The zero-order chi connectivity index (χ0) is 17.5. The van der Waals surface area contributed by atoms with Crippen LogP contribution in [0.4, 0.5) is 11.5 Å². The average molecular weight is 335 g/mol. The maximum atomic E-state index is 12.8. The van der Waals surface area contributed by atoms with Gasteiger partial charge in [0.1, 0.15) is 5.76 Å². The fraction of sp³-hybridized carbons (Fsp3) is 0.200. The maximum absolute atomic E-state index is 12.8. The normalized spacial score (nSPS) is 10.4. The number of para-hydroxylation sites is 1. The number of carbonyl (C=O) groups excluding carboxylic acids is 1. The number of aryl methyl sites for hydroxylation is 1. The van der Waals surface area contributed by atoms with Gasteiger partial charge in [0, 0.05) is 24.7 Å². The molecule has 0 aliphatic heterocycles. The molecule has 0 atom stereocenters. The Labute approximate surface area is 147 Å². The van der Waals surface area contributed by atoms with Gasteiger partial charge >= 0.3 is 0 Å². The van der Waals surface area contributed by atoms with Gasteiger partial charge in [-0.15, -0.1) is 0 Å².